The molecule has 10 aromatic carbocycles. The van der Waals surface area contributed by atoms with Gasteiger partial charge in [-0.1, -0.05) is 188 Å². The van der Waals surface area contributed by atoms with E-state index in [2.05, 4.69) is 157 Å². The Morgan fingerprint density at radius 3 is 1.62 bits per heavy atom. The van der Waals surface area contributed by atoms with Crippen molar-refractivity contribution >= 4 is 49.4 Å². The van der Waals surface area contributed by atoms with E-state index in [0.29, 0.717) is 5.56 Å². The number of nitrogens with zero attached hydrogens (tertiary/aromatic N) is 1. The average molecular weight is 705 g/mol. The van der Waals surface area contributed by atoms with Crippen molar-refractivity contribution in [2.75, 3.05) is 4.90 Å². The molecule has 0 N–H and O–H groups in total. The van der Waals surface area contributed by atoms with E-state index in [-0.39, 0.29) is 29.7 Å². The molecule has 0 saturated carbocycles. The van der Waals surface area contributed by atoms with Gasteiger partial charge in [0.2, 0.25) is 0 Å². The summed E-state index contributed by atoms with van der Waals surface area (Å²) in [5.74, 6) is 0. The minimum absolute atomic E-state index is 0.194. The number of benzene rings is 10. The summed E-state index contributed by atoms with van der Waals surface area (Å²) in [5.41, 5.74) is 10.3. The zero-order chi connectivity index (χ0) is 40.9. The fraction of sp³-hybridized carbons (Fsp3) is 0. The predicted molar refractivity (Wildman–Crippen MR) is 235 cm³/mol. The molecular weight excluding hydrogens is 663 g/mol. The van der Waals surface area contributed by atoms with Crippen molar-refractivity contribution in [3.63, 3.8) is 0 Å². The van der Waals surface area contributed by atoms with Crippen LogP contribution in [-0.4, -0.2) is 0 Å². The standard InChI is InChI=1S/C54H37N/c1-3-13-38(14-4-1)40-27-31-46(32-28-40)55(53-36-35-48(51-21-9-10-22-52(51)53)45-26-25-39-15-7-8-18-44(39)37-45)47-33-29-42(30-34-47)50-24-12-20-43-19-11-23-49(54(43)50)41-16-5-2-6-17-41/h1-37H/i2D,5D,6D,16D,17D. The van der Waals surface area contributed by atoms with Gasteiger partial charge >= 0.3 is 0 Å². The van der Waals surface area contributed by atoms with Gasteiger partial charge in [-0.25, -0.2) is 0 Å². The van der Waals surface area contributed by atoms with E-state index in [4.69, 9.17) is 6.85 Å². The summed E-state index contributed by atoms with van der Waals surface area (Å²) in [4.78, 5) is 2.31. The van der Waals surface area contributed by atoms with Crippen molar-refractivity contribution in [3.8, 4) is 44.5 Å². The summed E-state index contributed by atoms with van der Waals surface area (Å²) in [6.45, 7) is 0. The van der Waals surface area contributed by atoms with Gasteiger partial charge in [-0.2, -0.15) is 0 Å². The Bertz CT molecular complexity index is 3220. The number of hydrogen-bond donors (Lipinski definition) is 0. The topological polar surface area (TPSA) is 3.24 Å². The van der Waals surface area contributed by atoms with Crippen LogP contribution >= 0.6 is 0 Å². The third kappa shape index (κ3) is 6.02. The summed E-state index contributed by atoms with van der Waals surface area (Å²) >= 11 is 0. The zero-order valence-corrected chi connectivity index (χ0v) is 29.9. The van der Waals surface area contributed by atoms with Crippen molar-refractivity contribution in [2.45, 2.75) is 0 Å². The first-order valence-corrected chi connectivity index (χ1v) is 18.5. The molecule has 0 saturated heterocycles. The van der Waals surface area contributed by atoms with E-state index in [1.165, 1.54) is 16.3 Å². The van der Waals surface area contributed by atoms with Gasteiger partial charge in [0, 0.05) is 16.8 Å². The maximum Gasteiger partial charge on any atom is 0.0629 e. The highest BCUT2D eigenvalue weighted by Crippen LogP contribution is 2.44. The van der Waals surface area contributed by atoms with Gasteiger partial charge in [0.25, 0.3) is 0 Å². The van der Waals surface area contributed by atoms with Gasteiger partial charge in [0.1, 0.15) is 0 Å². The Balaban J connectivity index is 1.13. The number of fused-ring (bicyclic) bond motifs is 3. The second kappa shape index (κ2) is 14.0. The van der Waals surface area contributed by atoms with Crippen molar-refractivity contribution in [1.29, 1.82) is 0 Å². The van der Waals surface area contributed by atoms with Crippen molar-refractivity contribution in [1.82, 2.24) is 0 Å². The van der Waals surface area contributed by atoms with Crippen LogP contribution in [0.25, 0.3) is 76.8 Å². The third-order valence-electron chi connectivity index (χ3n) is 10.5. The summed E-state index contributed by atoms with van der Waals surface area (Å²) in [7, 11) is 0. The monoisotopic (exact) mass is 704 g/mol. The van der Waals surface area contributed by atoms with Gasteiger partial charge in [-0.3, -0.25) is 0 Å². The van der Waals surface area contributed by atoms with Crippen molar-refractivity contribution in [3.05, 3.63) is 224 Å². The Hall–Kier alpha value is -7.22. The highest BCUT2D eigenvalue weighted by molar-refractivity contribution is 6.08. The van der Waals surface area contributed by atoms with Crippen molar-refractivity contribution in [2.24, 2.45) is 0 Å². The van der Waals surface area contributed by atoms with E-state index in [1.807, 2.05) is 42.5 Å². The van der Waals surface area contributed by atoms with Gasteiger partial charge in [-0.05, 0) is 108 Å². The molecule has 10 rings (SSSR count). The normalized spacial score (nSPS) is 12.5. The van der Waals surface area contributed by atoms with E-state index in [1.54, 1.807) is 0 Å². The lowest BCUT2D eigenvalue weighted by Crippen LogP contribution is -2.10. The number of rotatable bonds is 7. The smallest absolute Gasteiger partial charge is 0.0629 e. The Labute approximate surface area is 329 Å². The van der Waals surface area contributed by atoms with Crippen LogP contribution in [0.15, 0.2) is 224 Å². The summed E-state index contributed by atoms with van der Waals surface area (Å²) in [6.07, 6.45) is 0. The van der Waals surface area contributed by atoms with Crippen LogP contribution in [0.5, 0.6) is 0 Å². The Morgan fingerprint density at radius 2 is 0.891 bits per heavy atom. The minimum Gasteiger partial charge on any atom is -0.310 e. The quantitative estimate of drug-likeness (QED) is 0.160. The molecule has 10 aromatic rings. The highest BCUT2D eigenvalue weighted by Gasteiger charge is 2.19. The van der Waals surface area contributed by atoms with Crippen LogP contribution in [0.2, 0.25) is 0 Å². The van der Waals surface area contributed by atoms with E-state index < -0.39 is 6.04 Å². The molecule has 1 heteroatoms. The van der Waals surface area contributed by atoms with E-state index in [9.17, 15) is 0 Å². The largest absolute Gasteiger partial charge is 0.310 e. The maximum absolute atomic E-state index is 8.80. The molecule has 0 radical (unpaired) electrons. The molecular formula is C54H37N. The molecule has 0 aliphatic rings. The van der Waals surface area contributed by atoms with Gasteiger partial charge in [-0.15, -0.1) is 0 Å². The lowest BCUT2D eigenvalue weighted by molar-refractivity contribution is 1.30. The molecule has 1 nitrogen and oxygen atoms in total. The first kappa shape index (κ1) is 27.4. The van der Waals surface area contributed by atoms with Crippen LogP contribution in [0.4, 0.5) is 17.1 Å². The van der Waals surface area contributed by atoms with Crippen LogP contribution in [0.1, 0.15) is 6.85 Å². The summed E-state index contributed by atoms with van der Waals surface area (Å²) < 4.78 is 42.6. The molecule has 0 aliphatic heterocycles. The highest BCUT2D eigenvalue weighted by atomic mass is 15.1. The predicted octanol–water partition coefficient (Wildman–Crippen LogP) is 15.3. The molecule has 0 heterocycles. The molecule has 0 aliphatic carbocycles. The lowest BCUT2D eigenvalue weighted by Gasteiger charge is -2.28. The maximum atomic E-state index is 8.80. The SMILES string of the molecule is [2H]c1c([2H])c([2H])c(-c2cccc3cccc(-c4ccc(N(c5ccc(-c6ccccc6)cc5)c5ccc(-c6ccc7ccccc7c6)c6ccccc56)cc4)c23)c([2H])c1[2H]. The first-order chi connectivity index (χ1) is 29.4. The van der Waals surface area contributed by atoms with Crippen LogP contribution < -0.4 is 4.90 Å². The minimum atomic E-state index is -0.403. The molecule has 0 spiro atoms. The zero-order valence-electron chi connectivity index (χ0n) is 34.9. The average Bonchev–Trinajstić information content (AvgIpc) is 3.31. The fourth-order valence-corrected chi connectivity index (χ4v) is 7.91. The molecule has 55 heavy (non-hydrogen) atoms. The number of anilines is 3. The van der Waals surface area contributed by atoms with E-state index in [0.717, 1.165) is 66.4 Å². The summed E-state index contributed by atoms with van der Waals surface area (Å²) in [5, 5.41) is 6.44. The van der Waals surface area contributed by atoms with Gasteiger partial charge in [0.15, 0.2) is 0 Å². The molecule has 258 valence electrons. The third-order valence-corrected chi connectivity index (χ3v) is 10.5. The fourth-order valence-electron chi connectivity index (χ4n) is 7.91. The van der Waals surface area contributed by atoms with Gasteiger partial charge < -0.3 is 4.90 Å². The molecule has 0 aromatic heterocycles. The second-order valence-corrected chi connectivity index (χ2v) is 13.7. The molecule has 0 unspecified atom stereocenters. The van der Waals surface area contributed by atoms with Crippen molar-refractivity contribution < 1.29 is 6.85 Å². The number of hydrogen-bond acceptors (Lipinski definition) is 1. The Kier molecular flexibility index (Phi) is 6.96. The molecule has 0 bridgehead atoms. The van der Waals surface area contributed by atoms with Crippen LogP contribution in [-0.2, 0) is 0 Å². The van der Waals surface area contributed by atoms with Crippen LogP contribution in [0, 0.1) is 0 Å². The van der Waals surface area contributed by atoms with Crippen LogP contribution in [0.3, 0.4) is 0 Å². The van der Waals surface area contributed by atoms with Gasteiger partial charge in [0.05, 0.1) is 12.5 Å². The Morgan fingerprint density at radius 1 is 0.327 bits per heavy atom. The molecule has 0 fully saturated rings. The second-order valence-electron chi connectivity index (χ2n) is 13.7. The summed E-state index contributed by atoms with van der Waals surface area (Å²) in [6, 6.07) is 66.0. The molecule has 0 amide bonds. The molecule has 0 atom stereocenters. The van der Waals surface area contributed by atoms with E-state index >= 15 is 0 Å². The lowest BCUT2D eigenvalue weighted by atomic mass is 9.91. The first-order valence-electron chi connectivity index (χ1n) is 21.0.